The normalized spacial score (nSPS) is 31.3. The Bertz CT molecular complexity index is 848. The molecule has 0 aromatic heterocycles. The lowest BCUT2D eigenvalue weighted by Crippen LogP contribution is -2.47. The Balaban J connectivity index is 1.62. The molecule has 2 atom stereocenters. The van der Waals surface area contributed by atoms with E-state index in [0.29, 0.717) is 31.7 Å². The first-order valence-corrected chi connectivity index (χ1v) is 10.6. The van der Waals surface area contributed by atoms with Crippen molar-refractivity contribution < 1.29 is 17.6 Å². The third kappa shape index (κ3) is 2.40. The van der Waals surface area contributed by atoms with Crippen molar-refractivity contribution in [3.8, 4) is 0 Å². The summed E-state index contributed by atoms with van der Waals surface area (Å²) in [6.45, 7) is 4.69. The highest BCUT2D eigenvalue weighted by atomic mass is 32.2. The Morgan fingerprint density at radius 1 is 1.28 bits per heavy atom. The smallest absolute Gasteiger partial charge is 0.215 e. The van der Waals surface area contributed by atoms with Crippen molar-refractivity contribution in [2.24, 2.45) is 16.7 Å². The van der Waals surface area contributed by atoms with Crippen molar-refractivity contribution in [1.82, 2.24) is 4.31 Å². The number of Topliss-reactive ketones (excluding diaryl/α,β-unsaturated/α-hetero) is 1. The summed E-state index contributed by atoms with van der Waals surface area (Å²) in [5, 5.41) is 0. The quantitative estimate of drug-likeness (QED) is 0.828. The number of hydrogen-bond donors (Lipinski definition) is 0. The van der Waals surface area contributed by atoms with Crippen molar-refractivity contribution in [1.29, 1.82) is 0 Å². The zero-order chi connectivity index (χ0) is 18.0. The number of fused-ring (bicyclic) bond motifs is 3. The molecular weight excluding hydrogens is 341 g/mol. The fourth-order valence-corrected chi connectivity index (χ4v) is 7.44. The molecule has 2 fully saturated rings. The third-order valence-electron chi connectivity index (χ3n) is 7.11. The Morgan fingerprint density at radius 3 is 2.68 bits per heavy atom. The number of ketones is 1. The first-order chi connectivity index (χ1) is 11.7. The zero-order valence-corrected chi connectivity index (χ0v) is 15.5. The average molecular weight is 365 g/mol. The number of carbonyl (C=O) groups excluding carboxylic acids is 1. The van der Waals surface area contributed by atoms with Gasteiger partial charge in [0.1, 0.15) is 11.6 Å². The van der Waals surface area contributed by atoms with Gasteiger partial charge in [-0.25, -0.2) is 12.8 Å². The minimum atomic E-state index is -3.58. The highest BCUT2D eigenvalue weighted by Gasteiger charge is 2.65. The molecule has 1 aromatic carbocycles. The maximum atomic E-state index is 13.5. The molecule has 136 valence electrons. The molecular formula is C19H24FNO3S. The fourth-order valence-electron chi connectivity index (χ4n) is 5.25. The van der Waals surface area contributed by atoms with E-state index < -0.39 is 15.4 Å². The van der Waals surface area contributed by atoms with Crippen LogP contribution in [0.3, 0.4) is 0 Å². The molecule has 0 unspecified atom stereocenters. The lowest BCUT2D eigenvalue weighted by Gasteiger charge is -2.38. The van der Waals surface area contributed by atoms with Crippen LogP contribution in [0, 0.1) is 22.6 Å². The molecule has 2 saturated carbocycles. The number of rotatable bonds is 3. The second-order valence-corrected chi connectivity index (χ2v) is 10.4. The molecule has 4 rings (SSSR count). The second-order valence-electron chi connectivity index (χ2n) is 8.42. The van der Waals surface area contributed by atoms with Crippen LogP contribution >= 0.6 is 0 Å². The van der Waals surface area contributed by atoms with Crippen LogP contribution in [0.2, 0.25) is 0 Å². The third-order valence-corrected chi connectivity index (χ3v) is 9.06. The average Bonchev–Trinajstić information content (AvgIpc) is 2.88. The minimum Gasteiger partial charge on any atom is -0.299 e. The largest absolute Gasteiger partial charge is 0.299 e. The van der Waals surface area contributed by atoms with E-state index in [1.54, 1.807) is 6.07 Å². The SMILES string of the molecule is CC1(C)[C@H]2CC[C@@]1(CS(=O)(=O)N1CCc3ccc(F)cc3C1)C(=O)C2. The number of carbonyl (C=O) groups is 1. The standard InChI is InChI=1S/C19H24FNO3S/c1-18(2)15-5-7-19(18,17(22)10-15)12-25(23,24)21-8-6-13-3-4-16(20)9-14(13)11-21/h3-4,9,15H,5-8,10-12H2,1-2H3/t15-,19+/m0/s1. The molecule has 2 bridgehead atoms. The van der Waals surface area contributed by atoms with E-state index in [1.807, 2.05) is 13.8 Å². The maximum absolute atomic E-state index is 13.5. The molecule has 0 N–H and O–H groups in total. The summed E-state index contributed by atoms with van der Waals surface area (Å²) in [7, 11) is -3.58. The molecule has 6 heteroatoms. The minimum absolute atomic E-state index is 0.104. The van der Waals surface area contributed by atoms with Gasteiger partial charge in [0.2, 0.25) is 10.0 Å². The summed E-state index contributed by atoms with van der Waals surface area (Å²) in [5.74, 6) is -0.0398. The van der Waals surface area contributed by atoms with E-state index in [-0.39, 0.29) is 29.3 Å². The van der Waals surface area contributed by atoms with Gasteiger partial charge in [0.05, 0.1) is 5.75 Å². The van der Waals surface area contributed by atoms with Gasteiger partial charge in [0, 0.05) is 24.9 Å². The molecule has 25 heavy (non-hydrogen) atoms. The number of sulfonamides is 1. The molecule has 0 amide bonds. The van der Waals surface area contributed by atoms with Crippen molar-refractivity contribution in [2.75, 3.05) is 12.3 Å². The zero-order valence-electron chi connectivity index (χ0n) is 14.7. The molecule has 2 aliphatic carbocycles. The van der Waals surface area contributed by atoms with E-state index >= 15 is 0 Å². The molecule has 0 saturated heterocycles. The number of benzene rings is 1. The van der Waals surface area contributed by atoms with Crippen molar-refractivity contribution >= 4 is 15.8 Å². The highest BCUT2D eigenvalue weighted by Crippen LogP contribution is 2.64. The Kier molecular flexibility index (Phi) is 3.68. The van der Waals surface area contributed by atoms with Gasteiger partial charge in [-0.1, -0.05) is 19.9 Å². The van der Waals surface area contributed by atoms with Crippen molar-refractivity contribution in [3.63, 3.8) is 0 Å². The summed E-state index contributed by atoms with van der Waals surface area (Å²) >= 11 is 0. The maximum Gasteiger partial charge on any atom is 0.215 e. The Hall–Kier alpha value is -1.27. The van der Waals surface area contributed by atoms with E-state index in [9.17, 15) is 17.6 Å². The van der Waals surface area contributed by atoms with Gasteiger partial charge < -0.3 is 0 Å². The van der Waals surface area contributed by atoms with Crippen LogP contribution in [0.5, 0.6) is 0 Å². The summed E-state index contributed by atoms with van der Waals surface area (Å²) in [5.41, 5.74) is 0.716. The lowest BCUT2D eigenvalue weighted by molar-refractivity contribution is -0.128. The van der Waals surface area contributed by atoms with Crippen LogP contribution in [0.1, 0.15) is 44.2 Å². The molecule has 1 aliphatic heterocycles. The van der Waals surface area contributed by atoms with Crippen LogP contribution in [-0.2, 0) is 27.8 Å². The van der Waals surface area contributed by atoms with E-state index in [4.69, 9.17) is 0 Å². The lowest BCUT2D eigenvalue weighted by atomic mass is 9.70. The summed E-state index contributed by atoms with van der Waals surface area (Å²) in [6, 6.07) is 4.57. The van der Waals surface area contributed by atoms with Gasteiger partial charge in [-0.3, -0.25) is 4.79 Å². The monoisotopic (exact) mass is 365 g/mol. The van der Waals surface area contributed by atoms with Gasteiger partial charge in [-0.05, 0) is 53.9 Å². The van der Waals surface area contributed by atoms with Crippen LogP contribution in [0.25, 0.3) is 0 Å². The molecule has 0 radical (unpaired) electrons. The molecule has 0 spiro atoms. The number of nitrogens with zero attached hydrogens (tertiary/aromatic N) is 1. The van der Waals surface area contributed by atoms with Gasteiger partial charge in [0.15, 0.2) is 0 Å². The van der Waals surface area contributed by atoms with Gasteiger partial charge >= 0.3 is 0 Å². The molecule has 4 nitrogen and oxygen atoms in total. The molecule has 3 aliphatic rings. The number of hydrogen-bond acceptors (Lipinski definition) is 3. The number of halogens is 1. The van der Waals surface area contributed by atoms with E-state index in [2.05, 4.69) is 0 Å². The summed E-state index contributed by atoms with van der Waals surface area (Å²) in [6.07, 6.45) is 2.70. The first kappa shape index (κ1) is 17.2. The predicted molar refractivity (Wildman–Crippen MR) is 92.9 cm³/mol. The van der Waals surface area contributed by atoms with Crippen molar-refractivity contribution in [3.05, 3.63) is 35.1 Å². The predicted octanol–water partition coefficient (Wildman–Crippen LogP) is 2.91. The Labute approximate surface area is 148 Å². The Morgan fingerprint density at radius 2 is 2.04 bits per heavy atom. The van der Waals surface area contributed by atoms with Gasteiger partial charge in [0.25, 0.3) is 0 Å². The summed E-state index contributed by atoms with van der Waals surface area (Å²) in [4.78, 5) is 12.6. The van der Waals surface area contributed by atoms with E-state index in [1.165, 1.54) is 16.4 Å². The molecule has 1 heterocycles. The van der Waals surface area contributed by atoms with Crippen LogP contribution < -0.4 is 0 Å². The second kappa shape index (κ2) is 5.36. The van der Waals surface area contributed by atoms with Crippen LogP contribution in [-0.4, -0.2) is 30.8 Å². The van der Waals surface area contributed by atoms with E-state index in [0.717, 1.165) is 17.5 Å². The first-order valence-electron chi connectivity index (χ1n) is 8.94. The topological polar surface area (TPSA) is 54.5 Å². The van der Waals surface area contributed by atoms with Crippen molar-refractivity contribution in [2.45, 2.75) is 46.1 Å². The molecule has 1 aromatic rings. The van der Waals surface area contributed by atoms with Gasteiger partial charge in [-0.2, -0.15) is 4.31 Å². The van der Waals surface area contributed by atoms with Crippen LogP contribution in [0.15, 0.2) is 18.2 Å². The van der Waals surface area contributed by atoms with Crippen LogP contribution in [0.4, 0.5) is 4.39 Å². The fraction of sp³-hybridized carbons (Fsp3) is 0.632. The highest BCUT2D eigenvalue weighted by molar-refractivity contribution is 7.89. The summed E-state index contributed by atoms with van der Waals surface area (Å²) < 4.78 is 41.2. The van der Waals surface area contributed by atoms with Gasteiger partial charge in [-0.15, -0.1) is 0 Å².